The van der Waals surface area contributed by atoms with Crippen molar-refractivity contribution in [3.63, 3.8) is 0 Å². The van der Waals surface area contributed by atoms with Crippen molar-refractivity contribution in [1.29, 1.82) is 0 Å². The molecule has 0 unspecified atom stereocenters. The van der Waals surface area contributed by atoms with Gasteiger partial charge in [-0.25, -0.2) is 0 Å². The van der Waals surface area contributed by atoms with E-state index < -0.39 is 46.3 Å². The molecule has 0 radical (unpaired) electrons. The van der Waals surface area contributed by atoms with Gasteiger partial charge in [-0.3, -0.25) is 0 Å². The minimum absolute atomic E-state index is 0.0550. The molecule has 0 amide bonds. The fourth-order valence-electron chi connectivity index (χ4n) is 4.10. The molecule has 2 aliphatic rings. The van der Waals surface area contributed by atoms with Gasteiger partial charge in [-0.2, -0.15) is 0 Å². The molecule has 0 aliphatic heterocycles. The third-order valence-corrected chi connectivity index (χ3v) is 14.1. The summed E-state index contributed by atoms with van der Waals surface area (Å²) in [4.78, 5) is 0. The standard InChI is InChI=1S/2C8H7F3O.2C5H5.Zr/c2*9-8(10,11)5-6-2-1-3-7(12)4-6;2*1-2-4-5-3-1;/h2*1-4,12H,5H2;2*1-3H,4H2;/q;;;;+2/p-2. The van der Waals surface area contributed by atoms with Crippen LogP contribution in [-0.2, 0) is 34.0 Å². The van der Waals surface area contributed by atoms with Crippen molar-refractivity contribution in [3.8, 4) is 11.5 Å². The van der Waals surface area contributed by atoms with Crippen LogP contribution in [0.3, 0.4) is 0 Å². The first kappa shape index (κ1) is 25.6. The third-order valence-electron chi connectivity index (χ3n) is 5.52. The summed E-state index contributed by atoms with van der Waals surface area (Å²) >= 11 is -4.56. The summed E-state index contributed by atoms with van der Waals surface area (Å²) in [6.45, 7) is 0. The van der Waals surface area contributed by atoms with Crippen molar-refractivity contribution >= 4 is 0 Å². The topological polar surface area (TPSA) is 18.5 Å². The van der Waals surface area contributed by atoms with E-state index in [0.717, 1.165) is 6.56 Å². The molecule has 9 heteroatoms. The molecule has 184 valence electrons. The van der Waals surface area contributed by atoms with Crippen molar-refractivity contribution in [3.05, 3.63) is 103 Å². The van der Waals surface area contributed by atoms with Gasteiger partial charge < -0.3 is 0 Å². The number of hydrogen-bond donors (Lipinski definition) is 0. The van der Waals surface area contributed by atoms with Crippen molar-refractivity contribution in [2.45, 2.75) is 38.0 Å². The summed E-state index contributed by atoms with van der Waals surface area (Å²) in [6, 6.07) is 11.6. The van der Waals surface area contributed by atoms with Crippen LogP contribution in [0.25, 0.3) is 0 Å². The number of hydrogen-bond acceptors (Lipinski definition) is 2. The fourth-order valence-corrected chi connectivity index (χ4v) is 12.2. The van der Waals surface area contributed by atoms with Crippen LogP contribution < -0.4 is 5.63 Å². The van der Waals surface area contributed by atoms with Gasteiger partial charge in [0.2, 0.25) is 0 Å². The second-order valence-corrected chi connectivity index (χ2v) is 15.5. The fraction of sp³-hybridized carbons (Fsp3) is 0.231. The monoisotopic (exact) mass is 570 g/mol. The normalized spacial score (nSPS) is 15.8. The average Bonchev–Trinajstić information content (AvgIpc) is 3.46. The van der Waals surface area contributed by atoms with E-state index in [-0.39, 0.29) is 22.6 Å². The number of halogens is 6. The van der Waals surface area contributed by atoms with Crippen LogP contribution in [0.2, 0.25) is 0 Å². The molecular weight excluding hydrogens is 549 g/mol. The van der Waals surface area contributed by atoms with Gasteiger partial charge in [-0.15, -0.1) is 0 Å². The molecule has 0 atom stereocenters. The molecule has 0 bridgehead atoms. The van der Waals surface area contributed by atoms with Crippen LogP contribution in [0.5, 0.6) is 11.5 Å². The molecule has 0 saturated heterocycles. The number of benzene rings is 2. The Kier molecular flexibility index (Phi) is 7.46. The van der Waals surface area contributed by atoms with E-state index in [2.05, 4.69) is 0 Å². The second kappa shape index (κ2) is 10.2. The zero-order valence-corrected chi connectivity index (χ0v) is 21.0. The van der Waals surface area contributed by atoms with Gasteiger partial charge in [-0.1, -0.05) is 0 Å². The Balaban J connectivity index is 1.74. The molecule has 2 aromatic rings. The maximum atomic E-state index is 13.0. The van der Waals surface area contributed by atoms with Crippen LogP contribution in [0.15, 0.2) is 91.5 Å². The Labute approximate surface area is 204 Å². The van der Waals surface area contributed by atoms with E-state index in [1.54, 1.807) is 12.1 Å². The van der Waals surface area contributed by atoms with E-state index in [1.165, 1.54) is 36.4 Å². The Hall–Kier alpha value is -2.54. The first-order chi connectivity index (χ1) is 16.5. The number of rotatable bonds is 8. The number of allylic oxidation sites excluding steroid dienone is 8. The molecule has 0 fully saturated rings. The van der Waals surface area contributed by atoms with Gasteiger partial charge in [0.15, 0.2) is 0 Å². The number of alkyl halides is 6. The van der Waals surface area contributed by atoms with Crippen molar-refractivity contribution in [2.24, 2.45) is 0 Å². The molecule has 4 rings (SSSR count). The molecule has 2 nitrogen and oxygen atoms in total. The van der Waals surface area contributed by atoms with E-state index in [0.29, 0.717) is 12.8 Å². The summed E-state index contributed by atoms with van der Waals surface area (Å²) in [7, 11) is 0. The molecule has 2 aromatic carbocycles. The van der Waals surface area contributed by atoms with Crippen LogP contribution >= 0.6 is 0 Å². The molecular formula is C26H22F6O2Zr. The van der Waals surface area contributed by atoms with Crippen molar-refractivity contribution in [1.82, 2.24) is 0 Å². The van der Waals surface area contributed by atoms with Crippen molar-refractivity contribution in [2.75, 3.05) is 0 Å². The molecule has 0 aromatic heterocycles. The van der Waals surface area contributed by atoms with Gasteiger partial charge in [-0.05, 0) is 0 Å². The van der Waals surface area contributed by atoms with Crippen LogP contribution in [0, 0.1) is 0 Å². The predicted molar refractivity (Wildman–Crippen MR) is 117 cm³/mol. The zero-order chi connectivity index (χ0) is 25.1. The molecule has 2 aliphatic carbocycles. The van der Waals surface area contributed by atoms with E-state index >= 15 is 0 Å². The first-order valence-electron chi connectivity index (χ1n) is 10.9. The zero-order valence-electron chi connectivity index (χ0n) is 18.5. The Bertz CT molecular complexity index is 1100. The summed E-state index contributed by atoms with van der Waals surface area (Å²) < 4.78 is 92.7. The second-order valence-electron chi connectivity index (χ2n) is 8.35. The van der Waals surface area contributed by atoms with Gasteiger partial charge in [0.25, 0.3) is 0 Å². The average molecular weight is 572 g/mol. The van der Waals surface area contributed by atoms with Crippen LogP contribution in [0.4, 0.5) is 26.3 Å². The third kappa shape index (κ3) is 6.78. The van der Waals surface area contributed by atoms with Gasteiger partial charge in [0, 0.05) is 0 Å². The Morgan fingerprint density at radius 1 is 0.657 bits per heavy atom. The summed E-state index contributed by atoms with van der Waals surface area (Å²) in [5.74, 6) is 0.490. The van der Waals surface area contributed by atoms with E-state index in [9.17, 15) is 26.3 Å². The van der Waals surface area contributed by atoms with Crippen molar-refractivity contribution < 1.29 is 53.1 Å². The maximum absolute atomic E-state index is 13.0. The van der Waals surface area contributed by atoms with E-state index in [4.69, 9.17) is 5.63 Å². The molecule has 0 heterocycles. The Morgan fingerprint density at radius 2 is 1.09 bits per heavy atom. The summed E-state index contributed by atoms with van der Waals surface area (Å²) in [5.41, 5.74) is 0.110. The van der Waals surface area contributed by atoms with E-state index in [1.807, 2.05) is 36.5 Å². The minimum atomic E-state index is -4.56. The van der Waals surface area contributed by atoms with Gasteiger partial charge >= 0.3 is 205 Å². The van der Waals surface area contributed by atoms with Crippen LogP contribution in [0.1, 0.15) is 24.0 Å². The van der Waals surface area contributed by atoms with Crippen LogP contribution in [-0.4, -0.2) is 12.4 Å². The SMILES string of the molecule is FC(F)(F)Cc1cccc([O][Zr]([O]c2cccc(CC(F)(F)F)c2)([C]2=CC=CC2)[C]2=CC=CC2)c1. The molecule has 0 spiro atoms. The summed E-state index contributed by atoms with van der Waals surface area (Å²) in [5, 5.41) is 0. The summed E-state index contributed by atoms with van der Waals surface area (Å²) in [6.07, 6.45) is 1.48. The molecule has 35 heavy (non-hydrogen) atoms. The van der Waals surface area contributed by atoms with Gasteiger partial charge in [0.1, 0.15) is 0 Å². The molecule has 0 saturated carbocycles. The molecule has 0 N–H and O–H groups in total. The quantitative estimate of drug-likeness (QED) is 0.299. The predicted octanol–water partition coefficient (Wildman–Crippen LogP) is 8.03. The Morgan fingerprint density at radius 3 is 1.43 bits per heavy atom. The van der Waals surface area contributed by atoms with Gasteiger partial charge in [0.05, 0.1) is 0 Å². The first-order valence-corrected chi connectivity index (χ1v) is 15.4.